The van der Waals surface area contributed by atoms with Gasteiger partial charge in [0, 0.05) is 38.8 Å². The summed E-state index contributed by atoms with van der Waals surface area (Å²) in [7, 11) is 0. The fourth-order valence-corrected chi connectivity index (χ4v) is 4.44. The van der Waals surface area contributed by atoms with E-state index in [0.29, 0.717) is 30.9 Å². The molecule has 1 amide bonds. The molecule has 4 rings (SSSR count). The molecule has 3 fully saturated rings. The second-order valence-corrected chi connectivity index (χ2v) is 7.60. The van der Waals surface area contributed by atoms with Crippen molar-refractivity contribution in [2.24, 2.45) is 0 Å². The summed E-state index contributed by atoms with van der Waals surface area (Å²) in [6, 6.07) is 0.465. The molecule has 3 heterocycles. The molecule has 1 aromatic heterocycles. The molecular weight excluding hydrogens is 334 g/mol. The number of rotatable bonds is 4. The SMILES string of the molecule is Cc1noc(CN2CCN(C(=O)[C@@H]3COCCN3C3CCCC3)CC2)n1. The number of ether oxygens (including phenoxy) is 1. The summed E-state index contributed by atoms with van der Waals surface area (Å²) in [5.41, 5.74) is 0. The maximum Gasteiger partial charge on any atom is 0.242 e. The highest BCUT2D eigenvalue weighted by Crippen LogP contribution is 2.27. The number of carbonyl (C=O) groups excluding carboxylic acids is 1. The molecule has 0 N–H and O–H groups in total. The van der Waals surface area contributed by atoms with Crippen LogP contribution in [-0.4, -0.2) is 88.8 Å². The van der Waals surface area contributed by atoms with E-state index in [1.54, 1.807) is 0 Å². The van der Waals surface area contributed by atoms with Crippen molar-refractivity contribution in [2.75, 3.05) is 45.9 Å². The Bertz CT molecular complexity index is 608. The van der Waals surface area contributed by atoms with Crippen molar-refractivity contribution in [3.8, 4) is 0 Å². The van der Waals surface area contributed by atoms with Crippen molar-refractivity contribution in [3.05, 3.63) is 11.7 Å². The minimum Gasteiger partial charge on any atom is -0.378 e. The largest absolute Gasteiger partial charge is 0.378 e. The van der Waals surface area contributed by atoms with Gasteiger partial charge in [0.1, 0.15) is 6.04 Å². The third-order valence-electron chi connectivity index (χ3n) is 5.86. The summed E-state index contributed by atoms with van der Waals surface area (Å²) in [5, 5.41) is 3.84. The number of carbonyl (C=O) groups is 1. The Morgan fingerprint density at radius 2 is 1.92 bits per heavy atom. The Labute approximate surface area is 154 Å². The fraction of sp³-hybridized carbons (Fsp3) is 0.833. The van der Waals surface area contributed by atoms with Crippen molar-refractivity contribution in [2.45, 2.75) is 51.2 Å². The quantitative estimate of drug-likeness (QED) is 0.778. The first kappa shape index (κ1) is 17.9. The van der Waals surface area contributed by atoms with E-state index >= 15 is 0 Å². The van der Waals surface area contributed by atoms with Crippen LogP contribution in [0, 0.1) is 6.92 Å². The molecule has 0 bridgehead atoms. The van der Waals surface area contributed by atoms with Crippen molar-refractivity contribution < 1.29 is 14.1 Å². The second-order valence-electron chi connectivity index (χ2n) is 7.60. The van der Waals surface area contributed by atoms with E-state index < -0.39 is 0 Å². The van der Waals surface area contributed by atoms with E-state index in [9.17, 15) is 4.79 Å². The van der Waals surface area contributed by atoms with Crippen molar-refractivity contribution >= 4 is 5.91 Å². The lowest BCUT2D eigenvalue weighted by molar-refractivity contribution is -0.147. The third kappa shape index (κ3) is 3.92. The summed E-state index contributed by atoms with van der Waals surface area (Å²) in [4.78, 5) is 24.1. The van der Waals surface area contributed by atoms with Crippen LogP contribution in [0.25, 0.3) is 0 Å². The zero-order chi connectivity index (χ0) is 17.9. The first-order valence-corrected chi connectivity index (χ1v) is 9.84. The van der Waals surface area contributed by atoms with Crippen LogP contribution in [0.1, 0.15) is 37.4 Å². The van der Waals surface area contributed by atoms with Crippen molar-refractivity contribution in [1.82, 2.24) is 24.8 Å². The normalized spacial score (nSPS) is 26.5. The smallest absolute Gasteiger partial charge is 0.242 e. The van der Waals surface area contributed by atoms with E-state index in [4.69, 9.17) is 9.26 Å². The molecule has 0 aromatic carbocycles. The Morgan fingerprint density at radius 1 is 1.15 bits per heavy atom. The Hall–Kier alpha value is -1.51. The fourth-order valence-electron chi connectivity index (χ4n) is 4.44. The first-order chi connectivity index (χ1) is 12.7. The standard InChI is InChI=1S/C18H29N5O3/c1-14-19-17(26-20-14)12-21-6-8-22(9-7-21)18(24)16-13-25-11-10-23(16)15-4-2-3-5-15/h15-16H,2-13H2,1H3/t16-/m0/s1. The van der Waals surface area contributed by atoms with Crippen LogP contribution in [0.4, 0.5) is 0 Å². The number of amides is 1. The predicted molar refractivity (Wildman–Crippen MR) is 94.5 cm³/mol. The molecule has 1 saturated carbocycles. The third-order valence-corrected chi connectivity index (χ3v) is 5.86. The molecule has 8 nitrogen and oxygen atoms in total. The van der Waals surface area contributed by atoms with E-state index in [2.05, 4.69) is 19.9 Å². The van der Waals surface area contributed by atoms with Crippen LogP contribution in [0.2, 0.25) is 0 Å². The van der Waals surface area contributed by atoms with E-state index in [1.807, 2.05) is 11.8 Å². The number of nitrogens with zero attached hydrogens (tertiary/aromatic N) is 5. The number of morpholine rings is 1. The van der Waals surface area contributed by atoms with Gasteiger partial charge in [-0.15, -0.1) is 0 Å². The molecule has 8 heteroatoms. The molecule has 1 aromatic rings. The van der Waals surface area contributed by atoms with Gasteiger partial charge in [-0.1, -0.05) is 18.0 Å². The lowest BCUT2D eigenvalue weighted by atomic mass is 10.1. The Morgan fingerprint density at radius 3 is 2.62 bits per heavy atom. The van der Waals surface area contributed by atoms with Crippen LogP contribution in [0.15, 0.2) is 4.52 Å². The van der Waals surface area contributed by atoms with Crippen molar-refractivity contribution in [3.63, 3.8) is 0 Å². The molecule has 1 aliphatic carbocycles. The molecular formula is C18H29N5O3. The molecule has 144 valence electrons. The molecule has 0 radical (unpaired) electrons. The van der Waals surface area contributed by atoms with Gasteiger partial charge in [-0.05, 0) is 19.8 Å². The summed E-state index contributed by atoms with van der Waals surface area (Å²) < 4.78 is 10.9. The topological polar surface area (TPSA) is 74.9 Å². The van der Waals surface area contributed by atoms with Crippen molar-refractivity contribution in [1.29, 1.82) is 0 Å². The minimum absolute atomic E-state index is 0.100. The average molecular weight is 363 g/mol. The van der Waals surface area contributed by atoms with Crippen LogP contribution in [0.5, 0.6) is 0 Å². The van der Waals surface area contributed by atoms with Gasteiger partial charge >= 0.3 is 0 Å². The van der Waals surface area contributed by atoms with Gasteiger partial charge in [0.25, 0.3) is 0 Å². The van der Waals surface area contributed by atoms with E-state index in [-0.39, 0.29) is 11.9 Å². The van der Waals surface area contributed by atoms with Gasteiger partial charge in [0.2, 0.25) is 11.8 Å². The van der Waals surface area contributed by atoms with Gasteiger partial charge in [-0.3, -0.25) is 14.6 Å². The van der Waals surface area contributed by atoms with Crippen LogP contribution < -0.4 is 0 Å². The maximum atomic E-state index is 13.1. The molecule has 3 aliphatic rings. The van der Waals surface area contributed by atoms with Crippen LogP contribution >= 0.6 is 0 Å². The Balaban J connectivity index is 1.32. The summed E-state index contributed by atoms with van der Waals surface area (Å²) in [5.74, 6) is 1.55. The number of hydrogen-bond acceptors (Lipinski definition) is 7. The molecule has 1 atom stereocenters. The van der Waals surface area contributed by atoms with E-state index in [0.717, 1.165) is 39.3 Å². The lowest BCUT2D eigenvalue weighted by Crippen LogP contribution is -2.60. The van der Waals surface area contributed by atoms with E-state index in [1.165, 1.54) is 25.7 Å². The summed E-state index contributed by atoms with van der Waals surface area (Å²) in [6.07, 6.45) is 5.02. The second kappa shape index (κ2) is 8.02. The molecule has 2 aliphatic heterocycles. The highest BCUT2D eigenvalue weighted by Gasteiger charge is 2.38. The molecule has 0 spiro atoms. The summed E-state index contributed by atoms with van der Waals surface area (Å²) >= 11 is 0. The molecule has 26 heavy (non-hydrogen) atoms. The Kier molecular flexibility index (Phi) is 5.52. The molecule has 0 unspecified atom stereocenters. The minimum atomic E-state index is -0.100. The van der Waals surface area contributed by atoms with Gasteiger partial charge in [0.05, 0.1) is 19.8 Å². The van der Waals surface area contributed by atoms with Gasteiger partial charge in [-0.2, -0.15) is 4.98 Å². The lowest BCUT2D eigenvalue weighted by Gasteiger charge is -2.42. The van der Waals surface area contributed by atoms with Gasteiger partial charge in [-0.25, -0.2) is 0 Å². The van der Waals surface area contributed by atoms with Gasteiger partial charge < -0.3 is 14.2 Å². The zero-order valence-electron chi connectivity index (χ0n) is 15.6. The first-order valence-electron chi connectivity index (χ1n) is 9.84. The predicted octanol–water partition coefficient (Wildman–Crippen LogP) is 0.666. The zero-order valence-corrected chi connectivity index (χ0v) is 15.6. The highest BCUT2D eigenvalue weighted by atomic mass is 16.5. The highest BCUT2D eigenvalue weighted by molar-refractivity contribution is 5.82. The van der Waals surface area contributed by atoms with Crippen LogP contribution in [-0.2, 0) is 16.1 Å². The molecule has 2 saturated heterocycles. The number of aryl methyl sites for hydroxylation is 1. The monoisotopic (exact) mass is 363 g/mol. The number of piperazine rings is 1. The maximum absolute atomic E-state index is 13.1. The van der Waals surface area contributed by atoms with Gasteiger partial charge in [0.15, 0.2) is 5.82 Å². The van der Waals surface area contributed by atoms with Crippen LogP contribution in [0.3, 0.4) is 0 Å². The summed E-state index contributed by atoms with van der Waals surface area (Å²) in [6.45, 7) is 7.83. The number of aromatic nitrogens is 2. The number of hydrogen-bond donors (Lipinski definition) is 0. The average Bonchev–Trinajstić information content (AvgIpc) is 3.34.